The van der Waals surface area contributed by atoms with E-state index in [0.29, 0.717) is 50.4 Å². The third kappa shape index (κ3) is 7.55. The average molecular weight is 305 g/mol. The first kappa shape index (κ1) is 17.0. The molecule has 0 bridgehead atoms. The van der Waals surface area contributed by atoms with Gasteiger partial charge in [0.1, 0.15) is 13.2 Å². The number of benzene rings is 1. The van der Waals surface area contributed by atoms with Gasteiger partial charge in [0.15, 0.2) is 11.5 Å². The molecule has 0 atom stereocenters. The predicted molar refractivity (Wildman–Crippen MR) is 76.9 cm³/mol. The van der Waals surface area contributed by atoms with Crippen molar-refractivity contribution in [3.05, 3.63) is 24.3 Å². The molecule has 0 aliphatic carbocycles. The van der Waals surface area contributed by atoms with Crippen LogP contribution in [-0.4, -0.2) is 57.2 Å². The molecule has 0 amide bonds. The van der Waals surface area contributed by atoms with Gasteiger partial charge in [0.25, 0.3) is 0 Å². The van der Waals surface area contributed by atoms with Crippen LogP contribution in [0.15, 0.2) is 24.3 Å². The normalized spacial score (nSPS) is 10.5. The summed E-state index contributed by atoms with van der Waals surface area (Å²) >= 11 is 5.47. The van der Waals surface area contributed by atoms with Crippen molar-refractivity contribution in [2.75, 3.05) is 52.1 Å². The second kappa shape index (κ2) is 11.8. The molecule has 0 saturated carbocycles. The van der Waals surface area contributed by atoms with E-state index in [1.54, 1.807) is 6.07 Å². The molecular formula is C14H21ClO5. The van der Waals surface area contributed by atoms with E-state index in [1.807, 2.05) is 18.2 Å². The van der Waals surface area contributed by atoms with Crippen LogP contribution in [0, 0.1) is 0 Å². The van der Waals surface area contributed by atoms with Gasteiger partial charge in [-0.05, 0) is 12.1 Å². The van der Waals surface area contributed by atoms with Crippen LogP contribution in [0.2, 0.25) is 0 Å². The van der Waals surface area contributed by atoms with Gasteiger partial charge >= 0.3 is 0 Å². The summed E-state index contributed by atoms with van der Waals surface area (Å²) in [5.41, 5.74) is 0. The van der Waals surface area contributed by atoms with Gasteiger partial charge in [-0.2, -0.15) is 0 Å². The molecule has 1 N–H and O–H groups in total. The maximum atomic E-state index is 8.75. The quantitative estimate of drug-likeness (QED) is 0.470. The zero-order valence-corrected chi connectivity index (χ0v) is 12.2. The SMILES string of the molecule is OCCOc1ccccc1OCCOCCOCCCl. The minimum Gasteiger partial charge on any atom is -0.487 e. The summed E-state index contributed by atoms with van der Waals surface area (Å²) in [5, 5.41) is 8.75. The maximum absolute atomic E-state index is 8.75. The highest BCUT2D eigenvalue weighted by molar-refractivity contribution is 6.17. The summed E-state index contributed by atoms with van der Waals surface area (Å²) in [6.45, 7) is 2.70. The van der Waals surface area contributed by atoms with E-state index in [9.17, 15) is 0 Å². The number of halogens is 1. The molecule has 0 unspecified atom stereocenters. The Kier molecular flexibility index (Phi) is 10.0. The monoisotopic (exact) mass is 304 g/mol. The van der Waals surface area contributed by atoms with Crippen molar-refractivity contribution in [3.8, 4) is 11.5 Å². The van der Waals surface area contributed by atoms with Crippen LogP contribution in [0.4, 0.5) is 0 Å². The van der Waals surface area contributed by atoms with Crippen LogP contribution in [0.1, 0.15) is 0 Å². The molecule has 1 rings (SSSR count). The average Bonchev–Trinajstić information content (AvgIpc) is 2.49. The molecule has 1 aromatic carbocycles. The second-order valence-electron chi connectivity index (χ2n) is 3.78. The lowest BCUT2D eigenvalue weighted by molar-refractivity contribution is 0.0405. The highest BCUT2D eigenvalue weighted by Crippen LogP contribution is 2.26. The summed E-state index contributed by atoms with van der Waals surface area (Å²) in [6, 6.07) is 7.33. The van der Waals surface area contributed by atoms with E-state index in [2.05, 4.69) is 0 Å². The van der Waals surface area contributed by atoms with E-state index in [1.165, 1.54) is 0 Å². The molecule has 0 fully saturated rings. The highest BCUT2D eigenvalue weighted by Gasteiger charge is 2.03. The number of alkyl halides is 1. The Morgan fingerprint density at radius 2 is 1.35 bits per heavy atom. The first-order valence-electron chi connectivity index (χ1n) is 6.55. The van der Waals surface area contributed by atoms with Gasteiger partial charge in [-0.1, -0.05) is 12.1 Å². The molecule has 5 nitrogen and oxygen atoms in total. The Morgan fingerprint density at radius 3 is 1.95 bits per heavy atom. The number of hydrogen-bond donors (Lipinski definition) is 1. The van der Waals surface area contributed by atoms with Gasteiger partial charge in [-0.3, -0.25) is 0 Å². The number of aliphatic hydroxyl groups is 1. The molecule has 20 heavy (non-hydrogen) atoms. The van der Waals surface area contributed by atoms with Gasteiger partial charge in [-0.25, -0.2) is 0 Å². The molecule has 0 radical (unpaired) electrons. The minimum absolute atomic E-state index is 0.0280. The van der Waals surface area contributed by atoms with Gasteiger partial charge < -0.3 is 24.1 Å². The lowest BCUT2D eigenvalue weighted by Gasteiger charge is -2.12. The van der Waals surface area contributed by atoms with E-state index >= 15 is 0 Å². The standard InChI is InChI=1S/C14H21ClO5/c15-5-7-17-9-10-18-11-12-20-14-4-2-1-3-13(14)19-8-6-16/h1-4,16H,5-12H2. The van der Waals surface area contributed by atoms with Crippen LogP contribution >= 0.6 is 11.6 Å². The zero-order valence-electron chi connectivity index (χ0n) is 11.4. The second-order valence-corrected chi connectivity index (χ2v) is 4.16. The Labute approximate surface area is 124 Å². The first-order valence-corrected chi connectivity index (χ1v) is 7.09. The Hall–Kier alpha value is -1.01. The number of aliphatic hydroxyl groups excluding tert-OH is 1. The van der Waals surface area contributed by atoms with Crippen LogP contribution in [0.25, 0.3) is 0 Å². The summed E-state index contributed by atoms with van der Waals surface area (Å²) in [7, 11) is 0. The van der Waals surface area contributed by atoms with Crippen molar-refractivity contribution in [2.24, 2.45) is 0 Å². The minimum atomic E-state index is -0.0280. The fourth-order valence-electron chi connectivity index (χ4n) is 1.43. The van der Waals surface area contributed by atoms with Crippen LogP contribution in [-0.2, 0) is 9.47 Å². The summed E-state index contributed by atoms with van der Waals surface area (Å²) < 4.78 is 21.4. The third-order valence-electron chi connectivity index (χ3n) is 2.28. The number of ether oxygens (including phenoxy) is 4. The van der Waals surface area contributed by atoms with Crippen LogP contribution in [0.5, 0.6) is 11.5 Å². The van der Waals surface area contributed by atoms with Crippen LogP contribution < -0.4 is 9.47 Å². The van der Waals surface area contributed by atoms with Crippen LogP contribution in [0.3, 0.4) is 0 Å². The highest BCUT2D eigenvalue weighted by atomic mass is 35.5. The maximum Gasteiger partial charge on any atom is 0.161 e. The van der Waals surface area contributed by atoms with Crippen molar-refractivity contribution in [1.82, 2.24) is 0 Å². The number of para-hydroxylation sites is 2. The van der Waals surface area contributed by atoms with Crippen molar-refractivity contribution in [3.63, 3.8) is 0 Å². The molecular weight excluding hydrogens is 284 g/mol. The fraction of sp³-hybridized carbons (Fsp3) is 0.571. The van der Waals surface area contributed by atoms with Crippen molar-refractivity contribution < 1.29 is 24.1 Å². The first-order chi connectivity index (χ1) is 9.88. The zero-order chi connectivity index (χ0) is 14.5. The predicted octanol–water partition coefficient (Wildman–Crippen LogP) is 1.71. The Balaban J connectivity index is 2.15. The van der Waals surface area contributed by atoms with Crippen molar-refractivity contribution >= 4 is 11.6 Å². The fourth-order valence-corrected chi connectivity index (χ4v) is 1.54. The van der Waals surface area contributed by atoms with Gasteiger partial charge in [-0.15, -0.1) is 11.6 Å². The Morgan fingerprint density at radius 1 is 0.800 bits per heavy atom. The Bertz CT molecular complexity index is 348. The molecule has 0 saturated heterocycles. The molecule has 1 aromatic rings. The smallest absolute Gasteiger partial charge is 0.161 e. The van der Waals surface area contributed by atoms with E-state index in [-0.39, 0.29) is 13.2 Å². The van der Waals surface area contributed by atoms with Gasteiger partial charge in [0.05, 0.1) is 33.0 Å². The van der Waals surface area contributed by atoms with Gasteiger partial charge in [0, 0.05) is 5.88 Å². The molecule has 0 aliphatic heterocycles. The summed E-state index contributed by atoms with van der Waals surface area (Å²) in [5.74, 6) is 1.75. The van der Waals surface area contributed by atoms with Gasteiger partial charge in [0.2, 0.25) is 0 Å². The molecule has 0 heterocycles. The molecule has 0 aliphatic rings. The van der Waals surface area contributed by atoms with Crippen molar-refractivity contribution in [2.45, 2.75) is 0 Å². The lowest BCUT2D eigenvalue weighted by atomic mass is 10.3. The number of hydrogen-bond acceptors (Lipinski definition) is 5. The summed E-state index contributed by atoms with van der Waals surface area (Å²) in [6.07, 6.45) is 0. The molecule has 6 heteroatoms. The molecule has 114 valence electrons. The largest absolute Gasteiger partial charge is 0.487 e. The lowest BCUT2D eigenvalue weighted by Crippen LogP contribution is -2.12. The molecule has 0 aromatic heterocycles. The van der Waals surface area contributed by atoms with E-state index < -0.39 is 0 Å². The van der Waals surface area contributed by atoms with E-state index in [4.69, 9.17) is 35.7 Å². The van der Waals surface area contributed by atoms with Crippen molar-refractivity contribution in [1.29, 1.82) is 0 Å². The summed E-state index contributed by atoms with van der Waals surface area (Å²) in [4.78, 5) is 0. The topological polar surface area (TPSA) is 57.2 Å². The molecule has 0 spiro atoms. The van der Waals surface area contributed by atoms with E-state index in [0.717, 1.165) is 0 Å². The third-order valence-corrected chi connectivity index (χ3v) is 2.43. The number of rotatable bonds is 12.